The average molecular weight is 360 g/mol. The molecule has 2 aliphatic rings. The second kappa shape index (κ2) is 6.05. The van der Waals surface area contributed by atoms with Crippen LogP contribution in [0, 0.1) is 5.82 Å². The minimum absolute atomic E-state index is 0.00995. The fraction of sp³-hybridized carbons (Fsp3) is 0.500. The molecule has 1 aromatic carbocycles. The summed E-state index contributed by atoms with van der Waals surface area (Å²) in [6, 6.07) is 6.07. The standard InChI is InChI=1S/C18H21FN4O3/c1-18(2,3)26-17(24)22-9-14(16-15(10-22)25-16)23-8-13(20-21-23)11-5-4-6-12(19)7-11/h4-8,14-16H,9-10H2,1-3H3/t14-,15-,16+/m1/s1. The van der Waals surface area contributed by atoms with E-state index in [2.05, 4.69) is 10.3 Å². The van der Waals surface area contributed by atoms with Crippen LogP contribution in [0.4, 0.5) is 9.18 Å². The molecule has 2 saturated heterocycles. The molecule has 0 bridgehead atoms. The van der Waals surface area contributed by atoms with Crippen molar-refractivity contribution in [3.8, 4) is 11.3 Å². The molecule has 8 heteroatoms. The number of rotatable bonds is 2. The van der Waals surface area contributed by atoms with E-state index in [1.807, 2.05) is 20.8 Å². The number of piperidine rings is 1. The van der Waals surface area contributed by atoms with Crippen LogP contribution in [0.25, 0.3) is 11.3 Å². The molecule has 1 aromatic heterocycles. The van der Waals surface area contributed by atoms with Gasteiger partial charge in [0.2, 0.25) is 0 Å². The summed E-state index contributed by atoms with van der Waals surface area (Å²) in [6.07, 6.45) is 1.40. The zero-order valence-electron chi connectivity index (χ0n) is 14.9. The molecule has 0 spiro atoms. The van der Waals surface area contributed by atoms with Crippen LogP contribution in [0.3, 0.4) is 0 Å². The third kappa shape index (κ3) is 3.41. The number of aromatic nitrogens is 3. The number of carbonyl (C=O) groups excluding carboxylic acids is 1. The van der Waals surface area contributed by atoms with Gasteiger partial charge in [-0.25, -0.2) is 13.9 Å². The maximum absolute atomic E-state index is 13.4. The molecule has 0 unspecified atom stereocenters. The number of benzene rings is 1. The van der Waals surface area contributed by atoms with Gasteiger partial charge in [-0.3, -0.25) is 0 Å². The molecule has 26 heavy (non-hydrogen) atoms. The lowest BCUT2D eigenvalue weighted by atomic mass is 10.1. The molecule has 138 valence electrons. The van der Waals surface area contributed by atoms with Crippen molar-refractivity contribution in [2.75, 3.05) is 13.1 Å². The summed E-state index contributed by atoms with van der Waals surface area (Å²) in [5, 5.41) is 8.32. The molecule has 2 fully saturated rings. The predicted molar refractivity (Wildman–Crippen MR) is 90.9 cm³/mol. The zero-order chi connectivity index (χ0) is 18.5. The van der Waals surface area contributed by atoms with Crippen LogP contribution in [0.1, 0.15) is 26.8 Å². The number of hydrogen-bond acceptors (Lipinski definition) is 5. The monoisotopic (exact) mass is 360 g/mol. The van der Waals surface area contributed by atoms with Crippen molar-refractivity contribution >= 4 is 6.09 Å². The van der Waals surface area contributed by atoms with Crippen LogP contribution in [0.2, 0.25) is 0 Å². The number of halogens is 1. The molecule has 7 nitrogen and oxygen atoms in total. The number of ether oxygens (including phenoxy) is 2. The van der Waals surface area contributed by atoms with E-state index in [0.29, 0.717) is 24.3 Å². The van der Waals surface area contributed by atoms with E-state index in [9.17, 15) is 9.18 Å². The van der Waals surface area contributed by atoms with Gasteiger partial charge < -0.3 is 14.4 Å². The van der Waals surface area contributed by atoms with Gasteiger partial charge in [0.05, 0.1) is 12.7 Å². The first-order valence-corrected chi connectivity index (χ1v) is 8.61. The minimum Gasteiger partial charge on any atom is -0.444 e. The number of likely N-dealkylation sites (tertiary alicyclic amines) is 1. The first kappa shape index (κ1) is 17.0. The van der Waals surface area contributed by atoms with Crippen molar-refractivity contribution < 1.29 is 18.7 Å². The van der Waals surface area contributed by atoms with E-state index < -0.39 is 5.60 Å². The Kier molecular flexibility index (Phi) is 3.95. The lowest BCUT2D eigenvalue weighted by Crippen LogP contribution is -2.46. The first-order chi connectivity index (χ1) is 12.3. The molecule has 3 atom stereocenters. The fourth-order valence-electron chi connectivity index (χ4n) is 3.19. The van der Waals surface area contributed by atoms with Gasteiger partial charge in [-0.05, 0) is 32.9 Å². The number of amides is 1. The van der Waals surface area contributed by atoms with Gasteiger partial charge in [0.25, 0.3) is 0 Å². The maximum atomic E-state index is 13.4. The molecular weight excluding hydrogens is 339 g/mol. The number of nitrogens with zero attached hydrogens (tertiary/aromatic N) is 4. The van der Waals surface area contributed by atoms with Gasteiger partial charge >= 0.3 is 6.09 Å². The van der Waals surface area contributed by atoms with Crippen LogP contribution < -0.4 is 0 Å². The van der Waals surface area contributed by atoms with Crippen LogP contribution in [0.15, 0.2) is 30.5 Å². The smallest absolute Gasteiger partial charge is 0.410 e. The van der Waals surface area contributed by atoms with Gasteiger partial charge in [0.1, 0.15) is 35.4 Å². The van der Waals surface area contributed by atoms with Crippen LogP contribution >= 0.6 is 0 Å². The highest BCUT2D eigenvalue weighted by Gasteiger charge is 2.52. The SMILES string of the molecule is CC(C)(C)OC(=O)N1C[C@@H](n2cc(-c3cccc(F)c3)nn2)[C@@H]2O[C@@H]2C1. The zero-order valence-corrected chi connectivity index (χ0v) is 14.9. The third-order valence-corrected chi connectivity index (χ3v) is 4.43. The fourth-order valence-corrected chi connectivity index (χ4v) is 3.19. The Morgan fingerprint density at radius 2 is 2.15 bits per heavy atom. The molecule has 2 aliphatic heterocycles. The Balaban J connectivity index is 1.52. The molecule has 1 amide bonds. The van der Waals surface area contributed by atoms with E-state index in [1.54, 1.807) is 27.9 Å². The molecule has 0 saturated carbocycles. The number of carbonyl (C=O) groups is 1. The third-order valence-electron chi connectivity index (χ3n) is 4.43. The molecule has 0 N–H and O–H groups in total. The summed E-state index contributed by atoms with van der Waals surface area (Å²) >= 11 is 0. The summed E-state index contributed by atoms with van der Waals surface area (Å²) in [5.74, 6) is -0.323. The van der Waals surface area contributed by atoms with Crippen LogP contribution in [0.5, 0.6) is 0 Å². The Morgan fingerprint density at radius 3 is 2.88 bits per heavy atom. The predicted octanol–water partition coefficient (Wildman–Crippen LogP) is 2.64. The highest BCUT2D eigenvalue weighted by molar-refractivity contribution is 5.68. The molecule has 0 aliphatic carbocycles. The molecule has 2 aromatic rings. The van der Waals surface area contributed by atoms with Crippen molar-refractivity contribution in [1.82, 2.24) is 19.9 Å². The number of fused-ring (bicyclic) bond motifs is 1. The lowest BCUT2D eigenvalue weighted by molar-refractivity contribution is 0.0193. The molecular formula is C18H21FN4O3. The second-order valence-electron chi connectivity index (χ2n) is 7.69. The summed E-state index contributed by atoms with van der Waals surface area (Å²) in [6.45, 7) is 6.46. The Bertz CT molecular complexity index is 832. The van der Waals surface area contributed by atoms with Crippen molar-refractivity contribution in [2.24, 2.45) is 0 Å². The largest absolute Gasteiger partial charge is 0.444 e. The summed E-state index contributed by atoms with van der Waals surface area (Å²) in [4.78, 5) is 14.0. The van der Waals surface area contributed by atoms with Crippen LogP contribution in [-0.2, 0) is 9.47 Å². The Labute approximate surface area is 150 Å². The summed E-state index contributed by atoms with van der Waals surface area (Å²) < 4.78 is 26.3. The molecule has 0 radical (unpaired) electrons. The first-order valence-electron chi connectivity index (χ1n) is 8.61. The second-order valence-corrected chi connectivity index (χ2v) is 7.69. The van der Waals surface area contributed by atoms with E-state index in [1.165, 1.54) is 12.1 Å². The van der Waals surface area contributed by atoms with E-state index >= 15 is 0 Å². The molecule has 4 rings (SSSR count). The molecule has 3 heterocycles. The minimum atomic E-state index is -0.550. The van der Waals surface area contributed by atoms with E-state index in [0.717, 1.165) is 0 Å². The van der Waals surface area contributed by atoms with Gasteiger partial charge in [-0.15, -0.1) is 5.10 Å². The van der Waals surface area contributed by atoms with Gasteiger partial charge in [0, 0.05) is 12.1 Å². The topological polar surface area (TPSA) is 72.8 Å². The average Bonchev–Trinajstić information content (AvgIpc) is 3.18. The summed E-state index contributed by atoms with van der Waals surface area (Å²) in [5.41, 5.74) is 0.687. The number of epoxide rings is 1. The Hall–Kier alpha value is -2.48. The van der Waals surface area contributed by atoms with Crippen molar-refractivity contribution in [2.45, 2.75) is 44.6 Å². The van der Waals surface area contributed by atoms with Gasteiger partial charge in [-0.1, -0.05) is 17.3 Å². The lowest BCUT2D eigenvalue weighted by Gasteiger charge is -2.31. The quantitative estimate of drug-likeness (QED) is 0.770. The Morgan fingerprint density at radius 1 is 1.35 bits per heavy atom. The van der Waals surface area contributed by atoms with Crippen molar-refractivity contribution in [3.05, 3.63) is 36.3 Å². The summed E-state index contributed by atoms with van der Waals surface area (Å²) in [7, 11) is 0. The maximum Gasteiger partial charge on any atom is 0.410 e. The van der Waals surface area contributed by atoms with Crippen LogP contribution in [-0.4, -0.2) is 56.9 Å². The van der Waals surface area contributed by atoms with Gasteiger partial charge in [0.15, 0.2) is 0 Å². The van der Waals surface area contributed by atoms with Crippen molar-refractivity contribution in [1.29, 1.82) is 0 Å². The van der Waals surface area contributed by atoms with E-state index in [-0.39, 0.29) is 30.2 Å². The highest BCUT2D eigenvalue weighted by atomic mass is 19.1. The number of hydrogen-bond donors (Lipinski definition) is 0. The normalized spacial score (nSPS) is 24.9. The van der Waals surface area contributed by atoms with Crippen molar-refractivity contribution in [3.63, 3.8) is 0 Å². The highest BCUT2D eigenvalue weighted by Crippen LogP contribution is 2.38. The van der Waals surface area contributed by atoms with E-state index in [4.69, 9.17) is 9.47 Å². The van der Waals surface area contributed by atoms with Gasteiger partial charge in [-0.2, -0.15) is 0 Å².